The minimum Gasteiger partial charge on any atom is -0.339 e. The van der Waals surface area contributed by atoms with Gasteiger partial charge >= 0.3 is 0 Å². The van der Waals surface area contributed by atoms with E-state index in [-0.39, 0.29) is 17.7 Å². The Hall–Kier alpha value is -2.89. The van der Waals surface area contributed by atoms with E-state index in [4.69, 9.17) is 0 Å². The molecule has 3 rings (SSSR count). The number of piperidine rings is 1. The molecule has 1 aliphatic heterocycles. The average Bonchev–Trinajstić information content (AvgIpc) is 3.14. The molecule has 0 spiro atoms. The van der Waals surface area contributed by atoms with Crippen molar-refractivity contribution in [2.45, 2.75) is 26.2 Å². The van der Waals surface area contributed by atoms with Crippen LogP contribution in [0.5, 0.6) is 0 Å². The van der Waals surface area contributed by atoms with Gasteiger partial charge in [0.15, 0.2) is 5.82 Å². The van der Waals surface area contributed by atoms with Gasteiger partial charge in [-0.2, -0.15) is 5.10 Å². The normalized spacial score (nSPS) is 15.3. The zero-order chi connectivity index (χ0) is 18.4. The smallest absolute Gasteiger partial charge is 0.246 e. The van der Waals surface area contributed by atoms with Crippen LogP contribution < -0.4 is 5.32 Å². The number of carbonyl (C=O) groups excluding carboxylic acids is 2. The maximum Gasteiger partial charge on any atom is 0.246 e. The Balaban J connectivity index is 1.48. The van der Waals surface area contributed by atoms with Crippen LogP contribution in [0.4, 0.5) is 5.82 Å². The number of hydrogen-bond acceptors (Lipinski definition) is 3. The van der Waals surface area contributed by atoms with Crippen LogP contribution in [-0.2, 0) is 16.0 Å². The molecule has 0 saturated carbocycles. The molecule has 0 aliphatic carbocycles. The molecule has 6 nitrogen and oxygen atoms in total. The predicted molar refractivity (Wildman–Crippen MR) is 101 cm³/mol. The standard InChI is InChI=1S/C20H24N4O2/c1-2-17-14-18(23-22-17)21-20(26)16-10-12-24(13-11-16)19(25)9-8-15-6-4-3-5-7-15/h3-9,14,16H,2,10-13H2,1H3,(H2,21,22,23,26)/b9-8+. The van der Waals surface area contributed by atoms with Crippen molar-refractivity contribution in [1.29, 1.82) is 0 Å². The molecule has 0 unspecified atom stereocenters. The number of amides is 2. The summed E-state index contributed by atoms with van der Waals surface area (Å²) in [5, 5.41) is 9.83. The Morgan fingerprint density at radius 3 is 2.65 bits per heavy atom. The van der Waals surface area contributed by atoms with Gasteiger partial charge in [0.1, 0.15) is 0 Å². The zero-order valence-electron chi connectivity index (χ0n) is 14.9. The van der Waals surface area contributed by atoms with Crippen LogP contribution in [-0.4, -0.2) is 40.0 Å². The van der Waals surface area contributed by atoms with Gasteiger partial charge in [0.2, 0.25) is 11.8 Å². The highest BCUT2D eigenvalue weighted by molar-refractivity contribution is 5.93. The molecule has 1 saturated heterocycles. The lowest BCUT2D eigenvalue weighted by atomic mass is 9.96. The van der Waals surface area contributed by atoms with Crippen LogP contribution in [0.2, 0.25) is 0 Å². The van der Waals surface area contributed by atoms with Gasteiger partial charge in [-0.05, 0) is 30.9 Å². The Morgan fingerprint density at radius 1 is 1.27 bits per heavy atom. The molecule has 1 aliphatic rings. The number of nitrogens with zero attached hydrogens (tertiary/aromatic N) is 2. The number of nitrogens with one attached hydrogen (secondary N) is 2. The van der Waals surface area contributed by atoms with E-state index in [0.717, 1.165) is 17.7 Å². The fraction of sp³-hybridized carbons (Fsp3) is 0.350. The third-order valence-corrected chi connectivity index (χ3v) is 4.66. The predicted octanol–water partition coefficient (Wildman–Crippen LogP) is 2.86. The van der Waals surface area contributed by atoms with Crippen LogP contribution in [0, 0.1) is 5.92 Å². The molecule has 6 heteroatoms. The van der Waals surface area contributed by atoms with Crippen molar-refractivity contribution in [1.82, 2.24) is 15.1 Å². The van der Waals surface area contributed by atoms with Crippen molar-refractivity contribution >= 4 is 23.7 Å². The lowest BCUT2D eigenvalue weighted by Crippen LogP contribution is -2.40. The molecule has 1 aromatic carbocycles. The fourth-order valence-corrected chi connectivity index (χ4v) is 3.03. The number of H-pyrrole nitrogens is 1. The molecular weight excluding hydrogens is 328 g/mol. The van der Waals surface area contributed by atoms with E-state index < -0.39 is 0 Å². The summed E-state index contributed by atoms with van der Waals surface area (Å²) in [5.74, 6) is 0.453. The molecule has 136 valence electrons. The lowest BCUT2D eigenvalue weighted by Gasteiger charge is -2.30. The number of benzene rings is 1. The van der Waals surface area contributed by atoms with Gasteiger partial charge < -0.3 is 10.2 Å². The van der Waals surface area contributed by atoms with Gasteiger partial charge in [0, 0.05) is 36.8 Å². The molecule has 2 amide bonds. The van der Waals surface area contributed by atoms with Crippen LogP contribution >= 0.6 is 0 Å². The summed E-state index contributed by atoms with van der Waals surface area (Å²) in [6.07, 6.45) is 5.61. The minimum absolute atomic E-state index is 0.00685. The van der Waals surface area contributed by atoms with Gasteiger partial charge in [0.05, 0.1) is 0 Å². The second kappa shape index (κ2) is 8.47. The van der Waals surface area contributed by atoms with Crippen LogP contribution in [0.1, 0.15) is 31.0 Å². The van der Waals surface area contributed by atoms with Crippen LogP contribution in [0.3, 0.4) is 0 Å². The van der Waals surface area contributed by atoms with Gasteiger partial charge in [-0.1, -0.05) is 37.3 Å². The maximum atomic E-state index is 12.4. The van der Waals surface area contributed by atoms with Gasteiger partial charge in [-0.3, -0.25) is 14.7 Å². The highest BCUT2D eigenvalue weighted by Crippen LogP contribution is 2.20. The third kappa shape index (κ3) is 4.59. The highest BCUT2D eigenvalue weighted by atomic mass is 16.2. The molecule has 0 bridgehead atoms. The summed E-state index contributed by atoms with van der Waals surface area (Å²) in [6.45, 7) is 3.21. The number of rotatable bonds is 5. The molecule has 1 fully saturated rings. The monoisotopic (exact) mass is 352 g/mol. The van der Waals surface area contributed by atoms with Crippen molar-refractivity contribution in [3.05, 3.63) is 53.7 Å². The van der Waals surface area contributed by atoms with Crippen LogP contribution in [0.15, 0.2) is 42.5 Å². The highest BCUT2D eigenvalue weighted by Gasteiger charge is 2.26. The number of likely N-dealkylation sites (tertiary alicyclic amines) is 1. The third-order valence-electron chi connectivity index (χ3n) is 4.66. The Bertz CT molecular complexity index is 774. The van der Waals surface area contributed by atoms with Crippen molar-refractivity contribution in [2.24, 2.45) is 5.92 Å². The fourth-order valence-electron chi connectivity index (χ4n) is 3.03. The first-order chi connectivity index (χ1) is 12.7. The number of carbonyl (C=O) groups is 2. The quantitative estimate of drug-likeness (QED) is 0.812. The van der Waals surface area contributed by atoms with E-state index in [1.54, 1.807) is 11.0 Å². The first kappa shape index (κ1) is 17.9. The number of aromatic amines is 1. The summed E-state index contributed by atoms with van der Waals surface area (Å²) in [6, 6.07) is 11.6. The first-order valence-electron chi connectivity index (χ1n) is 9.03. The van der Waals surface area contributed by atoms with E-state index in [1.165, 1.54) is 0 Å². The van der Waals surface area contributed by atoms with Crippen LogP contribution in [0.25, 0.3) is 6.08 Å². The van der Waals surface area contributed by atoms with Crippen molar-refractivity contribution in [2.75, 3.05) is 18.4 Å². The van der Waals surface area contributed by atoms with Crippen molar-refractivity contribution in [3.8, 4) is 0 Å². The Kier molecular flexibility index (Phi) is 5.84. The van der Waals surface area contributed by atoms with E-state index in [9.17, 15) is 9.59 Å². The van der Waals surface area contributed by atoms with Gasteiger partial charge in [-0.25, -0.2) is 0 Å². The number of aryl methyl sites for hydroxylation is 1. The van der Waals surface area contributed by atoms with Gasteiger partial charge in [-0.15, -0.1) is 0 Å². The SMILES string of the molecule is CCc1cc(NC(=O)C2CCN(C(=O)/C=C/c3ccccc3)CC2)n[nH]1. The number of aromatic nitrogens is 2. The lowest BCUT2D eigenvalue weighted by molar-refractivity contribution is -0.130. The van der Waals surface area contributed by atoms with E-state index in [0.29, 0.717) is 31.7 Å². The van der Waals surface area contributed by atoms with E-state index in [2.05, 4.69) is 15.5 Å². The molecule has 2 aromatic rings. The molecule has 2 N–H and O–H groups in total. The average molecular weight is 352 g/mol. The summed E-state index contributed by atoms with van der Waals surface area (Å²) >= 11 is 0. The summed E-state index contributed by atoms with van der Waals surface area (Å²) < 4.78 is 0. The van der Waals surface area contributed by atoms with Crippen molar-refractivity contribution in [3.63, 3.8) is 0 Å². The van der Waals surface area contributed by atoms with E-state index >= 15 is 0 Å². The maximum absolute atomic E-state index is 12.4. The topological polar surface area (TPSA) is 78.1 Å². The Labute approximate surface area is 153 Å². The Morgan fingerprint density at radius 2 is 2.00 bits per heavy atom. The summed E-state index contributed by atoms with van der Waals surface area (Å²) in [7, 11) is 0. The van der Waals surface area contributed by atoms with E-state index in [1.807, 2.05) is 49.4 Å². The number of anilines is 1. The minimum atomic E-state index is -0.0843. The van der Waals surface area contributed by atoms with Gasteiger partial charge in [0.25, 0.3) is 0 Å². The zero-order valence-corrected chi connectivity index (χ0v) is 14.9. The second-order valence-electron chi connectivity index (χ2n) is 6.46. The number of hydrogen-bond donors (Lipinski definition) is 2. The molecule has 1 aromatic heterocycles. The molecule has 0 atom stereocenters. The first-order valence-corrected chi connectivity index (χ1v) is 9.03. The van der Waals surface area contributed by atoms with Crippen molar-refractivity contribution < 1.29 is 9.59 Å². The largest absolute Gasteiger partial charge is 0.339 e. The molecule has 0 radical (unpaired) electrons. The molecule has 2 heterocycles. The second-order valence-corrected chi connectivity index (χ2v) is 6.46. The summed E-state index contributed by atoms with van der Waals surface area (Å²) in [5.41, 5.74) is 1.99. The summed E-state index contributed by atoms with van der Waals surface area (Å²) in [4.78, 5) is 26.5. The molecular formula is C20H24N4O2. The molecule has 26 heavy (non-hydrogen) atoms.